The predicted octanol–water partition coefficient (Wildman–Crippen LogP) is 6.70. The molecule has 0 heterocycles. The van der Waals surface area contributed by atoms with E-state index in [2.05, 4.69) is 21.2 Å². The molecule has 8 nitrogen and oxygen atoms in total. The summed E-state index contributed by atoms with van der Waals surface area (Å²) in [6.45, 7) is 6.55. The van der Waals surface area contributed by atoms with Gasteiger partial charge in [0.1, 0.15) is 17.8 Å². The van der Waals surface area contributed by atoms with E-state index in [9.17, 15) is 24.4 Å². The molecule has 0 fully saturated rings. The van der Waals surface area contributed by atoms with Crippen molar-refractivity contribution >= 4 is 39.1 Å². The van der Waals surface area contributed by atoms with E-state index in [4.69, 9.17) is 16.3 Å². The van der Waals surface area contributed by atoms with Crippen LogP contribution in [0.4, 0.5) is 14.5 Å². The largest absolute Gasteiger partial charge is 0.497 e. The second-order valence-corrected chi connectivity index (χ2v) is 11.4. The molecule has 3 aromatic carbocycles. The zero-order chi connectivity index (χ0) is 29.9. The molecule has 2 atom stereocenters. The van der Waals surface area contributed by atoms with Gasteiger partial charge in [0.2, 0.25) is 5.82 Å². The highest BCUT2D eigenvalue weighted by molar-refractivity contribution is 9.10. The normalized spacial score (nSPS) is 13.1. The number of rotatable bonds is 9. The minimum atomic E-state index is -1.52. The smallest absolute Gasteiger partial charge is 0.306 e. The summed E-state index contributed by atoms with van der Waals surface area (Å²) in [6.07, 6.45) is -1.52. The highest BCUT2D eigenvalue weighted by Gasteiger charge is 2.38. The van der Waals surface area contributed by atoms with E-state index in [0.717, 1.165) is 23.1 Å². The molecule has 0 aliphatic heterocycles. The summed E-state index contributed by atoms with van der Waals surface area (Å²) in [5.74, 6) is -2.44. The Hall–Kier alpha value is -3.12. The number of nitrogens with zero attached hydrogens (tertiary/aromatic N) is 2. The molecule has 0 spiro atoms. The standard InChI is InChI=1S/C28H29BrClF2N3O5/c1-15-20(29)13-22(35(38)39)24(32)23(15)27(37)34(14-16-6-9-18(40-5)10-7-16)25(26(36)33-28(2,3)4)19-12-17(31)8-11-21(19)30/h6-13,25-26,33,36H,14H2,1-5H3. The second kappa shape index (κ2) is 12.6. The minimum absolute atomic E-state index is 0.0473. The number of halogens is 4. The van der Waals surface area contributed by atoms with Gasteiger partial charge in [-0.1, -0.05) is 39.7 Å². The van der Waals surface area contributed by atoms with Crippen molar-refractivity contribution in [1.29, 1.82) is 0 Å². The van der Waals surface area contributed by atoms with Gasteiger partial charge in [0.05, 0.1) is 23.6 Å². The van der Waals surface area contributed by atoms with Gasteiger partial charge in [-0.3, -0.25) is 20.2 Å². The molecule has 214 valence electrons. The van der Waals surface area contributed by atoms with Gasteiger partial charge in [-0.15, -0.1) is 0 Å². The van der Waals surface area contributed by atoms with E-state index in [1.165, 1.54) is 20.1 Å². The number of aliphatic hydroxyl groups excluding tert-OH is 1. The Bertz CT molecular complexity index is 1420. The fourth-order valence-corrected chi connectivity index (χ4v) is 4.88. The first-order chi connectivity index (χ1) is 18.6. The van der Waals surface area contributed by atoms with Gasteiger partial charge < -0.3 is 14.7 Å². The Kier molecular flexibility index (Phi) is 9.89. The van der Waals surface area contributed by atoms with Crippen LogP contribution < -0.4 is 10.1 Å². The van der Waals surface area contributed by atoms with Crippen LogP contribution in [-0.2, 0) is 6.54 Å². The van der Waals surface area contributed by atoms with Crippen LogP contribution in [0.1, 0.15) is 53.9 Å². The summed E-state index contributed by atoms with van der Waals surface area (Å²) in [7, 11) is 1.49. The SMILES string of the molecule is COc1ccc(CN(C(=O)c2c(C)c(Br)cc([N+](=O)[O-])c2F)C(c2cc(F)ccc2Cl)C(O)NC(C)(C)C)cc1. The number of nitrogens with one attached hydrogen (secondary N) is 1. The van der Waals surface area contributed by atoms with Crippen LogP contribution in [-0.4, -0.2) is 39.7 Å². The van der Waals surface area contributed by atoms with Gasteiger partial charge in [-0.25, -0.2) is 4.39 Å². The average molecular weight is 641 g/mol. The van der Waals surface area contributed by atoms with Crippen LogP contribution in [0.15, 0.2) is 53.0 Å². The van der Waals surface area contributed by atoms with Crippen molar-refractivity contribution < 1.29 is 28.3 Å². The third kappa shape index (κ3) is 7.14. The Morgan fingerprint density at radius 2 is 1.82 bits per heavy atom. The van der Waals surface area contributed by atoms with E-state index < -0.39 is 51.5 Å². The van der Waals surface area contributed by atoms with E-state index in [1.54, 1.807) is 45.0 Å². The Morgan fingerprint density at radius 3 is 2.38 bits per heavy atom. The van der Waals surface area contributed by atoms with Crippen LogP contribution in [0.3, 0.4) is 0 Å². The molecule has 12 heteroatoms. The highest BCUT2D eigenvalue weighted by Crippen LogP contribution is 2.37. The highest BCUT2D eigenvalue weighted by atomic mass is 79.9. The third-order valence-corrected chi connectivity index (χ3v) is 7.28. The first kappa shape index (κ1) is 31.4. The van der Waals surface area contributed by atoms with Gasteiger partial charge >= 0.3 is 5.69 Å². The van der Waals surface area contributed by atoms with Gasteiger partial charge in [0.15, 0.2) is 0 Å². The van der Waals surface area contributed by atoms with Gasteiger partial charge in [-0.2, -0.15) is 4.39 Å². The molecule has 0 aromatic heterocycles. The van der Waals surface area contributed by atoms with Crippen LogP contribution in [0, 0.1) is 28.7 Å². The third-order valence-electron chi connectivity index (χ3n) is 6.12. The molecule has 0 bridgehead atoms. The van der Waals surface area contributed by atoms with E-state index in [1.807, 2.05) is 0 Å². The summed E-state index contributed by atoms with van der Waals surface area (Å²) in [5.41, 5.74) is -1.45. The average Bonchev–Trinajstić information content (AvgIpc) is 2.87. The van der Waals surface area contributed by atoms with Crippen molar-refractivity contribution in [2.45, 2.75) is 52.0 Å². The van der Waals surface area contributed by atoms with E-state index in [0.29, 0.717) is 11.3 Å². The number of aliphatic hydroxyl groups is 1. The van der Waals surface area contributed by atoms with Crippen molar-refractivity contribution in [3.8, 4) is 5.75 Å². The lowest BCUT2D eigenvalue weighted by molar-refractivity contribution is -0.387. The summed E-state index contributed by atoms with van der Waals surface area (Å²) in [4.78, 5) is 26.0. The summed E-state index contributed by atoms with van der Waals surface area (Å²) >= 11 is 9.65. The molecule has 2 unspecified atom stereocenters. The van der Waals surface area contributed by atoms with Crippen molar-refractivity contribution in [2.75, 3.05) is 7.11 Å². The Balaban J connectivity index is 2.31. The minimum Gasteiger partial charge on any atom is -0.497 e. The Morgan fingerprint density at radius 1 is 1.20 bits per heavy atom. The monoisotopic (exact) mass is 639 g/mol. The molecule has 2 N–H and O–H groups in total. The van der Waals surface area contributed by atoms with Crippen molar-refractivity contribution in [2.24, 2.45) is 0 Å². The lowest BCUT2D eigenvalue weighted by atomic mass is 9.97. The van der Waals surface area contributed by atoms with Crippen LogP contribution in [0.2, 0.25) is 5.02 Å². The number of methoxy groups -OCH3 is 1. The molecule has 0 radical (unpaired) electrons. The first-order valence-corrected chi connectivity index (χ1v) is 13.3. The van der Waals surface area contributed by atoms with Crippen molar-refractivity contribution in [1.82, 2.24) is 10.2 Å². The lowest BCUT2D eigenvalue weighted by Gasteiger charge is -2.39. The molecule has 0 aliphatic carbocycles. The number of hydrogen-bond acceptors (Lipinski definition) is 6. The topological polar surface area (TPSA) is 105 Å². The molecular weight excluding hydrogens is 612 g/mol. The number of benzene rings is 3. The molecule has 3 aromatic rings. The van der Waals surface area contributed by atoms with Crippen LogP contribution in [0.5, 0.6) is 5.75 Å². The number of carbonyl (C=O) groups is 1. The van der Waals surface area contributed by atoms with Gasteiger partial charge in [0.25, 0.3) is 5.91 Å². The van der Waals surface area contributed by atoms with Crippen molar-refractivity contribution in [3.05, 3.63) is 102 Å². The van der Waals surface area contributed by atoms with Gasteiger partial charge in [0, 0.05) is 33.2 Å². The van der Waals surface area contributed by atoms with E-state index in [-0.39, 0.29) is 27.2 Å². The zero-order valence-corrected chi connectivity index (χ0v) is 24.8. The molecule has 3 rings (SSSR count). The molecule has 1 amide bonds. The number of ether oxygens (including phenoxy) is 1. The second-order valence-electron chi connectivity index (χ2n) is 10.2. The number of amides is 1. The molecule has 0 saturated carbocycles. The Labute approximate surface area is 244 Å². The molecule has 0 saturated heterocycles. The number of nitro benzene ring substituents is 1. The lowest BCUT2D eigenvalue weighted by Crippen LogP contribution is -2.52. The fraction of sp³-hybridized carbons (Fsp3) is 0.321. The molecular formula is C28H29BrClF2N3O5. The maximum atomic E-state index is 15.6. The fourth-order valence-electron chi connectivity index (χ4n) is 4.23. The summed E-state index contributed by atoms with van der Waals surface area (Å²) in [5, 5.41) is 26.1. The molecule has 0 aliphatic rings. The van der Waals surface area contributed by atoms with Gasteiger partial charge in [-0.05, 0) is 69.2 Å². The maximum Gasteiger partial charge on any atom is 0.306 e. The number of carbonyl (C=O) groups excluding carboxylic acids is 1. The van der Waals surface area contributed by atoms with Crippen LogP contribution in [0.25, 0.3) is 0 Å². The summed E-state index contributed by atoms with van der Waals surface area (Å²) < 4.78 is 35.5. The first-order valence-electron chi connectivity index (χ1n) is 12.1. The van der Waals surface area contributed by atoms with E-state index >= 15 is 4.39 Å². The maximum absolute atomic E-state index is 15.6. The van der Waals surface area contributed by atoms with Crippen molar-refractivity contribution in [3.63, 3.8) is 0 Å². The predicted molar refractivity (Wildman–Crippen MR) is 151 cm³/mol. The summed E-state index contributed by atoms with van der Waals surface area (Å²) in [6, 6.07) is 9.77. The number of nitro groups is 1. The quantitative estimate of drug-likeness (QED) is 0.153. The molecule has 40 heavy (non-hydrogen) atoms. The number of hydrogen-bond donors (Lipinski definition) is 2. The van der Waals surface area contributed by atoms with Crippen LogP contribution >= 0.6 is 27.5 Å². The zero-order valence-electron chi connectivity index (χ0n) is 22.5.